The molecule has 2 aromatic rings. The molecule has 0 saturated heterocycles. The highest BCUT2D eigenvalue weighted by Crippen LogP contribution is 2.20. The minimum atomic E-state index is -0.0418. The lowest BCUT2D eigenvalue weighted by Crippen LogP contribution is -2.28. The van der Waals surface area contributed by atoms with Gasteiger partial charge in [0, 0.05) is 35.8 Å². The fourth-order valence-electron chi connectivity index (χ4n) is 2.05. The number of hydrogen-bond acceptors (Lipinski definition) is 4. The van der Waals surface area contributed by atoms with E-state index in [1.165, 1.54) is 4.88 Å². The van der Waals surface area contributed by atoms with Crippen molar-refractivity contribution in [3.63, 3.8) is 0 Å². The summed E-state index contributed by atoms with van der Waals surface area (Å²) in [5.41, 5.74) is 6.93. The molecule has 0 aliphatic rings. The van der Waals surface area contributed by atoms with Crippen molar-refractivity contribution in [3.05, 3.63) is 46.2 Å². The van der Waals surface area contributed by atoms with E-state index in [0.29, 0.717) is 30.2 Å². The number of hydrogen-bond donors (Lipinski definition) is 1. The highest BCUT2D eigenvalue weighted by Gasteiger charge is 2.13. The van der Waals surface area contributed by atoms with Crippen LogP contribution in [0.15, 0.2) is 35.7 Å². The molecular weight excluding hydrogens is 284 g/mol. The Bertz CT molecular complexity index is 596. The Labute approximate surface area is 129 Å². The van der Waals surface area contributed by atoms with E-state index < -0.39 is 0 Å². The zero-order valence-electron chi connectivity index (χ0n) is 12.3. The quantitative estimate of drug-likeness (QED) is 0.835. The Morgan fingerprint density at radius 1 is 1.38 bits per heavy atom. The van der Waals surface area contributed by atoms with Crippen molar-refractivity contribution in [2.75, 3.05) is 25.9 Å². The molecule has 1 aromatic heterocycles. The Balaban J connectivity index is 2.04. The standard InChI is InChI=1S/C16H20N2O2S/c1-3-20-14-10-12(9-13(17)11-14)16(19)18(2)7-6-15-5-4-8-21-15/h4-5,8-11H,3,6-7,17H2,1-2H3. The molecule has 1 heterocycles. The van der Waals surface area contributed by atoms with Gasteiger partial charge >= 0.3 is 0 Å². The van der Waals surface area contributed by atoms with Gasteiger partial charge in [0.15, 0.2) is 0 Å². The van der Waals surface area contributed by atoms with Gasteiger partial charge in [-0.15, -0.1) is 11.3 Å². The van der Waals surface area contributed by atoms with Gasteiger partial charge in [0.1, 0.15) is 5.75 Å². The molecule has 0 atom stereocenters. The summed E-state index contributed by atoms with van der Waals surface area (Å²) in [6, 6.07) is 9.26. The van der Waals surface area contributed by atoms with Crippen LogP contribution in [0.25, 0.3) is 0 Å². The number of benzene rings is 1. The summed E-state index contributed by atoms with van der Waals surface area (Å²) in [5, 5.41) is 2.05. The summed E-state index contributed by atoms with van der Waals surface area (Å²) < 4.78 is 5.43. The number of rotatable bonds is 6. The second-order valence-corrected chi connectivity index (χ2v) is 5.81. The minimum absolute atomic E-state index is 0.0418. The number of carbonyl (C=O) groups excluding carboxylic acids is 1. The van der Waals surface area contributed by atoms with Gasteiger partial charge in [-0.05, 0) is 36.9 Å². The maximum Gasteiger partial charge on any atom is 0.253 e. The first kappa shape index (κ1) is 15.4. The Kier molecular flexibility index (Phi) is 5.22. The number of carbonyl (C=O) groups is 1. The molecule has 0 saturated carbocycles. The maximum atomic E-state index is 12.4. The smallest absolute Gasteiger partial charge is 0.253 e. The minimum Gasteiger partial charge on any atom is -0.494 e. The molecule has 21 heavy (non-hydrogen) atoms. The second-order valence-electron chi connectivity index (χ2n) is 4.78. The zero-order valence-corrected chi connectivity index (χ0v) is 13.2. The van der Waals surface area contributed by atoms with Crippen molar-refractivity contribution in [2.24, 2.45) is 0 Å². The molecule has 0 spiro atoms. The molecule has 4 nitrogen and oxygen atoms in total. The van der Waals surface area contributed by atoms with E-state index in [2.05, 4.69) is 6.07 Å². The summed E-state index contributed by atoms with van der Waals surface area (Å²) >= 11 is 1.71. The highest BCUT2D eigenvalue weighted by atomic mass is 32.1. The first-order chi connectivity index (χ1) is 10.1. The van der Waals surface area contributed by atoms with Crippen molar-refractivity contribution < 1.29 is 9.53 Å². The van der Waals surface area contributed by atoms with Crippen LogP contribution in [-0.2, 0) is 6.42 Å². The first-order valence-electron chi connectivity index (χ1n) is 6.91. The van der Waals surface area contributed by atoms with Crippen LogP contribution >= 0.6 is 11.3 Å². The van der Waals surface area contributed by atoms with E-state index in [9.17, 15) is 4.79 Å². The lowest BCUT2D eigenvalue weighted by atomic mass is 10.1. The number of anilines is 1. The van der Waals surface area contributed by atoms with Gasteiger partial charge in [-0.3, -0.25) is 4.79 Å². The molecule has 0 bridgehead atoms. The molecule has 112 valence electrons. The molecule has 0 radical (unpaired) electrons. The van der Waals surface area contributed by atoms with Gasteiger partial charge in [-0.25, -0.2) is 0 Å². The van der Waals surface area contributed by atoms with Gasteiger partial charge in [0.25, 0.3) is 5.91 Å². The van der Waals surface area contributed by atoms with Gasteiger partial charge < -0.3 is 15.4 Å². The average Bonchev–Trinajstić information content (AvgIpc) is 2.97. The lowest BCUT2D eigenvalue weighted by Gasteiger charge is -2.17. The maximum absolute atomic E-state index is 12.4. The van der Waals surface area contributed by atoms with Crippen LogP contribution in [0.5, 0.6) is 5.75 Å². The van der Waals surface area contributed by atoms with Crippen LogP contribution in [0.2, 0.25) is 0 Å². The van der Waals surface area contributed by atoms with Gasteiger partial charge in [-0.2, -0.15) is 0 Å². The van der Waals surface area contributed by atoms with E-state index >= 15 is 0 Å². The number of likely N-dealkylation sites (N-methyl/N-ethyl adjacent to an activating group) is 1. The topological polar surface area (TPSA) is 55.6 Å². The van der Waals surface area contributed by atoms with Crippen LogP contribution < -0.4 is 10.5 Å². The lowest BCUT2D eigenvalue weighted by molar-refractivity contribution is 0.0796. The third kappa shape index (κ3) is 4.23. The molecule has 0 fully saturated rings. The Morgan fingerprint density at radius 2 is 2.19 bits per heavy atom. The molecule has 0 aliphatic carbocycles. The second kappa shape index (κ2) is 7.13. The third-order valence-electron chi connectivity index (χ3n) is 3.11. The van der Waals surface area contributed by atoms with Crippen molar-refractivity contribution in [1.29, 1.82) is 0 Å². The number of ether oxygens (including phenoxy) is 1. The predicted molar refractivity (Wildman–Crippen MR) is 87.0 cm³/mol. The molecule has 1 aromatic carbocycles. The summed E-state index contributed by atoms with van der Waals surface area (Å²) in [7, 11) is 1.81. The molecular formula is C16H20N2O2S. The van der Waals surface area contributed by atoms with Crippen LogP contribution in [0, 0.1) is 0 Å². The number of nitrogen functional groups attached to an aromatic ring is 1. The van der Waals surface area contributed by atoms with Gasteiger partial charge in [0.2, 0.25) is 0 Å². The summed E-state index contributed by atoms with van der Waals surface area (Å²) in [6.07, 6.45) is 0.862. The van der Waals surface area contributed by atoms with E-state index in [-0.39, 0.29) is 5.91 Å². The van der Waals surface area contributed by atoms with Crippen molar-refractivity contribution in [2.45, 2.75) is 13.3 Å². The monoisotopic (exact) mass is 304 g/mol. The normalized spacial score (nSPS) is 10.4. The zero-order chi connectivity index (χ0) is 15.2. The van der Waals surface area contributed by atoms with Crippen molar-refractivity contribution in [1.82, 2.24) is 4.90 Å². The molecule has 5 heteroatoms. The predicted octanol–water partition coefficient (Wildman–Crippen LogP) is 3.04. The SMILES string of the molecule is CCOc1cc(N)cc(C(=O)N(C)CCc2cccs2)c1. The number of nitrogens with zero attached hydrogens (tertiary/aromatic N) is 1. The van der Waals surface area contributed by atoms with E-state index in [1.54, 1.807) is 41.5 Å². The van der Waals surface area contributed by atoms with Crippen LogP contribution in [0.3, 0.4) is 0 Å². The van der Waals surface area contributed by atoms with Crippen LogP contribution in [0.4, 0.5) is 5.69 Å². The fraction of sp³-hybridized carbons (Fsp3) is 0.312. The molecule has 0 unspecified atom stereocenters. The van der Waals surface area contributed by atoms with Gasteiger partial charge in [-0.1, -0.05) is 6.07 Å². The average molecular weight is 304 g/mol. The summed E-state index contributed by atoms with van der Waals surface area (Å²) in [6.45, 7) is 3.13. The summed E-state index contributed by atoms with van der Waals surface area (Å²) in [4.78, 5) is 15.4. The van der Waals surface area contributed by atoms with E-state index in [0.717, 1.165) is 6.42 Å². The van der Waals surface area contributed by atoms with E-state index in [1.807, 2.05) is 18.4 Å². The number of nitrogens with two attached hydrogens (primary N) is 1. The highest BCUT2D eigenvalue weighted by molar-refractivity contribution is 7.09. The fourth-order valence-corrected chi connectivity index (χ4v) is 2.75. The number of thiophene rings is 1. The molecule has 2 rings (SSSR count). The molecule has 1 amide bonds. The van der Waals surface area contributed by atoms with E-state index in [4.69, 9.17) is 10.5 Å². The van der Waals surface area contributed by atoms with Crippen molar-refractivity contribution in [3.8, 4) is 5.75 Å². The largest absolute Gasteiger partial charge is 0.494 e. The van der Waals surface area contributed by atoms with Crippen molar-refractivity contribution >= 4 is 22.9 Å². The van der Waals surface area contributed by atoms with Crippen LogP contribution in [0.1, 0.15) is 22.2 Å². The third-order valence-corrected chi connectivity index (χ3v) is 4.04. The van der Waals surface area contributed by atoms with Crippen LogP contribution in [-0.4, -0.2) is 31.0 Å². The van der Waals surface area contributed by atoms with Gasteiger partial charge in [0.05, 0.1) is 6.61 Å². The Morgan fingerprint density at radius 3 is 2.86 bits per heavy atom. The molecule has 2 N–H and O–H groups in total. The summed E-state index contributed by atoms with van der Waals surface area (Å²) in [5.74, 6) is 0.590. The Hall–Kier alpha value is -2.01. The molecule has 0 aliphatic heterocycles. The first-order valence-corrected chi connectivity index (χ1v) is 7.79. The number of amides is 1.